The largest absolute Gasteiger partial charge is 1.00 e. The summed E-state index contributed by atoms with van der Waals surface area (Å²) in [6, 6.07) is 9.74. The minimum absolute atomic E-state index is 0. The molecule has 0 saturated heterocycles. The molecule has 0 aliphatic heterocycles. The quantitative estimate of drug-likeness (QED) is 0.316. The van der Waals surface area contributed by atoms with Crippen LogP contribution in [-0.2, 0) is 10.4 Å². The molecule has 1 unspecified atom stereocenters. The van der Waals surface area contributed by atoms with Crippen LogP contribution in [0, 0.1) is 0 Å². The summed E-state index contributed by atoms with van der Waals surface area (Å²) in [6.45, 7) is 2.33. The first-order chi connectivity index (χ1) is 10.9. The summed E-state index contributed by atoms with van der Waals surface area (Å²) in [6.07, 6.45) is 8.53. The van der Waals surface area contributed by atoms with Crippen molar-refractivity contribution in [3.8, 4) is 5.75 Å². The molecule has 24 heavy (non-hydrogen) atoms. The third-order valence-corrected chi connectivity index (χ3v) is 3.13. The Hall–Kier alpha value is -0.150. The second-order valence-corrected chi connectivity index (χ2v) is 6.14. The molecule has 0 aromatic heterocycles. The number of benzene rings is 1. The Kier molecular flexibility index (Phi) is 17.7. The number of rotatable bonds is 10. The van der Waals surface area contributed by atoms with Crippen molar-refractivity contribution in [1.82, 2.24) is 0 Å². The summed E-state index contributed by atoms with van der Waals surface area (Å²) >= 11 is 0. The van der Waals surface area contributed by atoms with E-state index >= 15 is 0 Å². The summed E-state index contributed by atoms with van der Waals surface area (Å²) < 4.78 is 37.3. The van der Waals surface area contributed by atoms with E-state index in [9.17, 15) is 5.11 Å². The van der Waals surface area contributed by atoms with Crippen LogP contribution in [0.1, 0.15) is 53.3 Å². The van der Waals surface area contributed by atoms with Gasteiger partial charge < -0.3 is 11.3 Å². The van der Waals surface area contributed by atoms with E-state index in [1.54, 1.807) is 0 Å². The Morgan fingerprint density at radius 3 is 2.04 bits per heavy atom. The van der Waals surface area contributed by atoms with Gasteiger partial charge in [0.15, 0.2) is 0 Å². The Labute approximate surface area is 169 Å². The smallest absolute Gasteiger partial charge is 1.00 e. The van der Waals surface area contributed by atoms with Gasteiger partial charge in [0, 0.05) is 0 Å². The van der Waals surface area contributed by atoms with Gasteiger partial charge in [0.2, 0.25) is 0 Å². The molecule has 0 saturated carbocycles. The molecule has 6 nitrogen and oxygen atoms in total. The van der Waals surface area contributed by atoms with Crippen LogP contribution in [0.2, 0.25) is 0 Å². The summed E-state index contributed by atoms with van der Waals surface area (Å²) in [5.41, 5.74) is 0. The molecule has 8 heteroatoms. The number of aliphatic hydroxyl groups excluding tert-OH is 1. The Morgan fingerprint density at radius 1 is 1.04 bits per heavy atom. The predicted molar refractivity (Wildman–Crippen MR) is 91.2 cm³/mol. The van der Waals surface area contributed by atoms with Gasteiger partial charge in [0.1, 0.15) is 11.9 Å². The van der Waals surface area contributed by atoms with E-state index in [4.69, 9.17) is 22.3 Å². The third-order valence-electron chi connectivity index (χ3n) is 3.13. The maximum atomic E-state index is 9.30. The van der Waals surface area contributed by atoms with E-state index < -0.39 is 10.4 Å². The number of ether oxygens (including phenoxy) is 1. The molecular formula is C16H29NaO6S. The van der Waals surface area contributed by atoms with Crippen LogP contribution in [0.5, 0.6) is 5.75 Å². The second kappa shape index (κ2) is 16.3. The van der Waals surface area contributed by atoms with Crippen molar-refractivity contribution in [1.29, 1.82) is 0 Å². The van der Waals surface area contributed by atoms with E-state index in [-0.39, 0.29) is 43.7 Å². The van der Waals surface area contributed by atoms with Gasteiger partial charge in [-0.25, -0.2) is 0 Å². The van der Waals surface area contributed by atoms with Crippen LogP contribution in [0.4, 0.5) is 0 Å². The number of hydrogen-bond acceptors (Lipinski definition) is 4. The van der Waals surface area contributed by atoms with Crippen LogP contribution in [0.15, 0.2) is 30.3 Å². The summed E-state index contributed by atoms with van der Waals surface area (Å²) in [5.74, 6) is 0.850. The number of unbranched alkanes of at least 4 members (excludes halogenated alkanes) is 5. The zero-order valence-corrected chi connectivity index (χ0v) is 17.4. The first kappa shape index (κ1) is 26.1. The maximum Gasteiger partial charge on any atom is 1.00 e. The normalized spacial score (nSPS) is 11.7. The SMILES string of the molecule is CCCCCCCCC(CO)Oc1ccccc1.O=S(=O)(O)O.[H-].[Na+]. The van der Waals surface area contributed by atoms with Crippen LogP contribution >= 0.6 is 0 Å². The van der Waals surface area contributed by atoms with E-state index in [0.717, 1.165) is 18.6 Å². The average molecular weight is 372 g/mol. The van der Waals surface area contributed by atoms with Crippen molar-refractivity contribution < 1.29 is 58.4 Å². The fraction of sp³-hybridized carbons (Fsp3) is 0.625. The molecule has 0 heterocycles. The summed E-state index contributed by atoms with van der Waals surface area (Å²) in [5, 5.41) is 9.30. The number of hydrogen-bond donors (Lipinski definition) is 3. The topological polar surface area (TPSA) is 104 Å². The molecule has 0 fully saturated rings. The standard InChI is InChI=1S/C16H26O2.Na.H2O4S.H/c1-2-3-4-5-6-8-13-16(14-17)18-15-11-9-7-10-12-15;;1-5(2,3)4;/h7,9-12,16-17H,2-6,8,13-14H2,1H3;;(H2,1,2,3,4);/q;+1;;-1. The Balaban J connectivity index is -0.000000610. The van der Waals surface area contributed by atoms with Crippen LogP contribution in [0.3, 0.4) is 0 Å². The average Bonchev–Trinajstić information content (AvgIpc) is 2.49. The minimum Gasteiger partial charge on any atom is -1.00 e. The summed E-state index contributed by atoms with van der Waals surface area (Å²) in [4.78, 5) is 0. The van der Waals surface area contributed by atoms with Gasteiger partial charge in [0.05, 0.1) is 6.61 Å². The van der Waals surface area contributed by atoms with E-state index in [1.807, 2.05) is 30.3 Å². The zero-order valence-electron chi connectivity index (χ0n) is 15.6. The van der Waals surface area contributed by atoms with Gasteiger partial charge in [-0.2, -0.15) is 8.42 Å². The molecule has 1 rings (SSSR count). The zero-order chi connectivity index (χ0) is 17.6. The Morgan fingerprint density at radius 2 is 1.54 bits per heavy atom. The van der Waals surface area contributed by atoms with Crippen molar-refractivity contribution >= 4 is 10.4 Å². The molecule has 0 bridgehead atoms. The minimum atomic E-state index is -4.67. The fourth-order valence-electron chi connectivity index (χ4n) is 2.03. The van der Waals surface area contributed by atoms with Crippen LogP contribution in [-0.4, -0.2) is 35.3 Å². The molecule has 1 aromatic rings. The monoisotopic (exact) mass is 372 g/mol. The van der Waals surface area contributed by atoms with E-state index in [0.29, 0.717) is 0 Å². The van der Waals surface area contributed by atoms with Crippen LogP contribution in [0.25, 0.3) is 0 Å². The van der Waals surface area contributed by atoms with E-state index in [2.05, 4.69) is 6.92 Å². The van der Waals surface area contributed by atoms with Gasteiger partial charge in [-0.05, 0) is 25.0 Å². The van der Waals surface area contributed by atoms with Crippen molar-refractivity contribution in [2.75, 3.05) is 6.61 Å². The number of aliphatic hydroxyl groups is 1. The first-order valence-electron chi connectivity index (χ1n) is 7.89. The van der Waals surface area contributed by atoms with Crippen molar-refractivity contribution in [3.05, 3.63) is 30.3 Å². The molecule has 1 aromatic carbocycles. The third kappa shape index (κ3) is 19.9. The van der Waals surface area contributed by atoms with Crippen LogP contribution < -0.4 is 34.3 Å². The predicted octanol–water partition coefficient (Wildman–Crippen LogP) is 0.641. The van der Waals surface area contributed by atoms with Gasteiger partial charge in [-0.1, -0.05) is 57.2 Å². The second-order valence-electron chi connectivity index (χ2n) is 5.24. The molecule has 0 aliphatic rings. The van der Waals surface area contributed by atoms with Gasteiger partial charge in [-0.3, -0.25) is 9.11 Å². The van der Waals surface area contributed by atoms with Crippen molar-refractivity contribution in [3.63, 3.8) is 0 Å². The Bertz CT molecular complexity index is 479. The van der Waals surface area contributed by atoms with Gasteiger partial charge >= 0.3 is 40.0 Å². The fourth-order valence-corrected chi connectivity index (χ4v) is 2.03. The molecule has 1 atom stereocenters. The summed E-state index contributed by atoms with van der Waals surface area (Å²) in [7, 11) is -4.67. The molecule has 136 valence electrons. The van der Waals surface area contributed by atoms with Gasteiger partial charge in [-0.15, -0.1) is 0 Å². The van der Waals surface area contributed by atoms with Gasteiger partial charge in [0.25, 0.3) is 0 Å². The molecule has 0 amide bonds. The molecule has 0 spiro atoms. The molecule has 3 N–H and O–H groups in total. The number of para-hydroxylation sites is 1. The van der Waals surface area contributed by atoms with Crippen molar-refractivity contribution in [2.24, 2.45) is 0 Å². The van der Waals surface area contributed by atoms with Crippen molar-refractivity contribution in [2.45, 2.75) is 58.0 Å². The van der Waals surface area contributed by atoms with E-state index in [1.165, 1.54) is 32.1 Å². The first-order valence-corrected chi connectivity index (χ1v) is 9.29. The molecule has 0 radical (unpaired) electrons. The molecule has 0 aliphatic carbocycles. The molecular weight excluding hydrogens is 343 g/mol. The maximum absolute atomic E-state index is 9.30.